The SMILES string of the molecule is CC(c1ccc(O)cc1)C1(c2ccc(O)cc2)OC(=O)O1. The predicted molar refractivity (Wildman–Crippen MR) is 73.9 cm³/mol. The van der Waals surface area contributed by atoms with Crippen molar-refractivity contribution in [3.63, 3.8) is 0 Å². The molecule has 2 aromatic rings. The van der Waals surface area contributed by atoms with Crippen LogP contribution < -0.4 is 0 Å². The average molecular weight is 286 g/mol. The Balaban J connectivity index is 1.99. The number of benzene rings is 2. The number of phenols is 2. The van der Waals surface area contributed by atoms with Crippen LogP contribution in [0.5, 0.6) is 11.5 Å². The maximum Gasteiger partial charge on any atom is 0.515 e. The molecule has 21 heavy (non-hydrogen) atoms. The molecule has 0 saturated carbocycles. The molecule has 108 valence electrons. The zero-order chi connectivity index (χ0) is 15.0. The second kappa shape index (κ2) is 4.70. The minimum Gasteiger partial charge on any atom is -0.508 e. The Hall–Kier alpha value is -2.69. The molecule has 0 aliphatic carbocycles. The van der Waals surface area contributed by atoms with Crippen LogP contribution in [0.15, 0.2) is 48.5 Å². The molecule has 0 bridgehead atoms. The number of cyclic esters (lactones) is 2. The zero-order valence-corrected chi connectivity index (χ0v) is 11.3. The van der Waals surface area contributed by atoms with E-state index in [2.05, 4.69) is 0 Å². The van der Waals surface area contributed by atoms with Gasteiger partial charge in [0.05, 0.1) is 5.92 Å². The zero-order valence-electron chi connectivity index (χ0n) is 11.3. The maximum absolute atomic E-state index is 11.2. The summed E-state index contributed by atoms with van der Waals surface area (Å²) in [4.78, 5) is 11.2. The third-order valence-electron chi connectivity index (χ3n) is 3.70. The Morgan fingerprint density at radius 1 is 0.905 bits per heavy atom. The summed E-state index contributed by atoms with van der Waals surface area (Å²) in [7, 11) is 0. The molecule has 1 heterocycles. The van der Waals surface area contributed by atoms with Gasteiger partial charge in [0, 0.05) is 5.56 Å². The Morgan fingerprint density at radius 2 is 1.38 bits per heavy atom. The smallest absolute Gasteiger partial charge is 0.508 e. The van der Waals surface area contributed by atoms with Gasteiger partial charge in [-0.05, 0) is 42.0 Å². The molecule has 1 unspecified atom stereocenters. The molecule has 0 radical (unpaired) electrons. The van der Waals surface area contributed by atoms with E-state index in [1.165, 1.54) is 12.1 Å². The summed E-state index contributed by atoms with van der Waals surface area (Å²) in [6, 6.07) is 13.0. The molecule has 3 rings (SSSR count). The summed E-state index contributed by atoms with van der Waals surface area (Å²) in [5.41, 5.74) is 1.49. The van der Waals surface area contributed by atoms with E-state index in [1.807, 2.05) is 6.92 Å². The highest BCUT2D eigenvalue weighted by atomic mass is 16.9. The van der Waals surface area contributed by atoms with Crippen molar-refractivity contribution in [1.29, 1.82) is 0 Å². The average Bonchev–Trinajstić information content (AvgIpc) is 2.45. The van der Waals surface area contributed by atoms with Crippen LogP contribution in [0, 0.1) is 0 Å². The first kappa shape index (κ1) is 13.3. The highest BCUT2D eigenvalue weighted by Gasteiger charge is 2.55. The Morgan fingerprint density at radius 3 is 1.86 bits per heavy atom. The summed E-state index contributed by atoms with van der Waals surface area (Å²) in [6.45, 7) is 1.87. The van der Waals surface area contributed by atoms with Crippen molar-refractivity contribution in [2.24, 2.45) is 0 Å². The molecule has 1 aliphatic rings. The number of ether oxygens (including phenoxy) is 2. The number of carbonyl (C=O) groups is 1. The third kappa shape index (κ3) is 2.16. The Kier molecular flexibility index (Phi) is 2.97. The molecular weight excluding hydrogens is 272 g/mol. The number of phenolic OH excluding ortho intramolecular Hbond substituents is 2. The van der Waals surface area contributed by atoms with Crippen molar-refractivity contribution in [3.8, 4) is 11.5 Å². The lowest BCUT2D eigenvalue weighted by Gasteiger charge is -2.44. The molecule has 1 saturated heterocycles. The number of hydrogen-bond donors (Lipinski definition) is 2. The fourth-order valence-electron chi connectivity index (χ4n) is 2.48. The molecule has 0 aromatic heterocycles. The minimum absolute atomic E-state index is 0.122. The molecule has 5 nitrogen and oxygen atoms in total. The van der Waals surface area contributed by atoms with Gasteiger partial charge >= 0.3 is 6.16 Å². The van der Waals surface area contributed by atoms with Crippen molar-refractivity contribution in [1.82, 2.24) is 0 Å². The van der Waals surface area contributed by atoms with E-state index in [9.17, 15) is 15.0 Å². The molecule has 5 heteroatoms. The first-order valence-electron chi connectivity index (χ1n) is 6.52. The highest BCUT2D eigenvalue weighted by Crippen LogP contribution is 2.47. The van der Waals surface area contributed by atoms with Crippen LogP contribution in [0.1, 0.15) is 24.0 Å². The van der Waals surface area contributed by atoms with Gasteiger partial charge < -0.3 is 19.7 Å². The van der Waals surface area contributed by atoms with E-state index in [0.29, 0.717) is 5.56 Å². The van der Waals surface area contributed by atoms with Crippen molar-refractivity contribution < 1.29 is 24.5 Å². The largest absolute Gasteiger partial charge is 0.515 e. The lowest BCUT2D eigenvalue weighted by atomic mass is 9.86. The van der Waals surface area contributed by atoms with Crippen LogP contribution in [-0.2, 0) is 15.3 Å². The lowest BCUT2D eigenvalue weighted by molar-refractivity contribution is -0.292. The normalized spacial score (nSPS) is 17.3. The quantitative estimate of drug-likeness (QED) is 0.847. The van der Waals surface area contributed by atoms with E-state index in [4.69, 9.17) is 9.47 Å². The number of rotatable bonds is 3. The minimum atomic E-state index is -1.21. The summed E-state index contributed by atoms with van der Waals surface area (Å²) in [6.07, 6.45) is -0.728. The summed E-state index contributed by atoms with van der Waals surface area (Å²) in [5, 5.41) is 18.7. The van der Waals surface area contributed by atoms with Crippen LogP contribution >= 0.6 is 0 Å². The van der Waals surface area contributed by atoms with Crippen LogP contribution in [-0.4, -0.2) is 16.4 Å². The van der Waals surface area contributed by atoms with Crippen molar-refractivity contribution in [2.45, 2.75) is 18.6 Å². The second-order valence-electron chi connectivity index (χ2n) is 4.98. The van der Waals surface area contributed by atoms with Gasteiger partial charge in [0.1, 0.15) is 11.5 Å². The third-order valence-corrected chi connectivity index (χ3v) is 3.70. The van der Waals surface area contributed by atoms with Crippen molar-refractivity contribution in [3.05, 3.63) is 59.7 Å². The molecule has 0 amide bonds. The van der Waals surface area contributed by atoms with Gasteiger partial charge in [-0.2, -0.15) is 0 Å². The fourth-order valence-corrected chi connectivity index (χ4v) is 2.48. The topological polar surface area (TPSA) is 76.0 Å². The highest BCUT2D eigenvalue weighted by molar-refractivity contribution is 5.67. The first-order chi connectivity index (χ1) is 10.0. The van der Waals surface area contributed by atoms with Gasteiger partial charge in [-0.15, -0.1) is 0 Å². The van der Waals surface area contributed by atoms with Gasteiger partial charge in [-0.1, -0.05) is 19.1 Å². The molecule has 1 atom stereocenters. The fraction of sp³-hybridized carbons (Fsp3) is 0.188. The number of aromatic hydroxyl groups is 2. The van der Waals surface area contributed by atoms with E-state index >= 15 is 0 Å². The molecular formula is C16H14O5. The standard InChI is InChI=1S/C16H14O5/c1-10(11-2-6-13(17)7-3-11)16(20-15(19)21-16)12-4-8-14(18)9-5-12/h2-10,17-18H,1H3. The maximum atomic E-state index is 11.2. The molecule has 0 spiro atoms. The van der Waals surface area contributed by atoms with Crippen molar-refractivity contribution >= 4 is 6.16 Å². The van der Waals surface area contributed by atoms with E-state index < -0.39 is 11.9 Å². The van der Waals surface area contributed by atoms with Crippen LogP contribution in [0.25, 0.3) is 0 Å². The van der Waals surface area contributed by atoms with E-state index in [0.717, 1.165) is 5.56 Å². The van der Waals surface area contributed by atoms with Crippen molar-refractivity contribution in [2.75, 3.05) is 0 Å². The van der Waals surface area contributed by atoms with Crippen LogP contribution in [0.4, 0.5) is 4.79 Å². The monoisotopic (exact) mass is 286 g/mol. The lowest BCUT2D eigenvalue weighted by Crippen LogP contribution is -2.51. The molecule has 2 N–H and O–H groups in total. The first-order valence-corrected chi connectivity index (χ1v) is 6.52. The number of carbonyl (C=O) groups excluding carboxylic acids is 1. The predicted octanol–water partition coefficient (Wildman–Crippen LogP) is 3.22. The second-order valence-corrected chi connectivity index (χ2v) is 4.98. The molecule has 2 aromatic carbocycles. The van der Waals surface area contributed by atoms with Gasteiger partial charge in [0.15, 0.2) is 0 Å². The Labute approximate surface area is 121 Å². The van der Waals surface area contributed by atoms with E-state index in [-0.39, 0.29) is 17.4 Å². The van der Waals surface area contributed by atoms with E-state index in [1.54, 1.807) is 36.4 Å². The van der Waals surface area contributed by atoms with Gasteiger partial charge in [0.2, 0.25) is 0 Å². The summed E-state index contributed by atoms with van der Waals surface area (Å²) >= 11 is 0. The number of hydrogen-bond acceptors (Lipinski definition) is 5. The summed E-state index contributed by atoms with van der Waals surface area (Å²) in [5.74, 6) is -1.20. The summed E-state index contributed by atoms with van der Waals surface area (Å²) < 4.78 is 10.6. The van der Waals surface area contributed by atoms with Crippen LogP contribution in [0.3, 0.4) is 0 Å². The van der Waals surface area contributed by atoms with Gasteiger partial charge in [-0.3, -0.25) is 0 Å². The van der Waals surface area contributed by atoms with Gasteiger partial charge in [-0.25, -0.2) is 4.79 Å². The molecule has 1 fully saturated rings. The van der Waals surface area contributed by atoms with Crippen LogP contribution in [0.2, 0.25) is 0 Å². The van der Waals surface area contributed by atoms with Gasteiger partial charge in [0.25, 0.3) is 5.79 Å². The Bertz CT molecular complexity index is 652. The molecule has 1 aliphatic heterocycles.